The van der Waals surface area contributed by atoms with Crippen molar-refractivity contribution in [2.75, 3.05) is 20.3 Å². The first-order valence-corrected chi connectivity index (χ1v) is 15.3. The number of nitrogens with zero attached hydrogens (tertiary/aromatic N) is 1. The molecule has 3 aromatic rings. The van der Waals surface area contributed by atoms with Crippen molar-refractivity contribution in [2.24, 2.45) is 0 Å². The van der Waals surface area contributed by atoms with Crippen molar-refractivity contribution in [2.45, 2.75) is 84.6 Å². The number of amides is 1. The average molecular weight is 609 g/mol. The van der Waals surface area contributed by atoms with E-state index in [4.69, 9.17) is 9.47 Å². The summed E-state index contributed by atoms with van der Waals surface area (Å²) in [4.78, 5) is 15.4. The molecule has 1 amide bonds. The Hall–Kier alpha value is -2.79. The molecule has 216 valence electrons. The summed E-state index contributed by atoms with van der Waals surface area (Å²) in [6.07, 6.45) is 3.84. The van der Waals surface area contributed by atoms with Gasteiger partial charge in [0.2, 0.25) is 0 Å². The Labute approximate surface area is 250 Å². The lowest BCUT2D eigenvalue weighted by molar-refractivity contribution is 0.0737. The molecule has 5 heteroatoms. The lowest BCUT2D eigenvalue weighted by Gasteiger charge is -2.30. The molecule has 0 atom stereocenters. The van der Waals surface area contributed by atoms with Crippen LogP contribution < -0.4 is 9.47 Å². The Morgan fingerprint density at radius 1 is 0.875 bits per heavy atom. The highest BCUT2D eigenvalue weighted by Gasteiger charge is 2.26. The number of hydrogen-bond acceptors (Lipinski definition) is 3. The molecule has 0 radical (unpaired) electrons. The largest absolute Gasteiger partial charge is 0.497 e. The van der Waals surface area contributed by atoms with Crippen LogP contribution in [0.4, 0.5) is 0 Å². The van der Waals surface area contributed by atoms with Crippen LogP contribution in [-0.4, -0.2) is 31.1 Å². The predicted octanol–water partition coefficient (Wildman–Crippen LogP) is 9.33. The molecule has 0 bridgehead atoms. The van der Waals surface area contributed by atoms with Gasteiger partial charge in [-0.15, -0.1) is 0 Å². The van der Waals surface area contributed by atoms with Crippen LogP contribution in [0.2, 0.25) is 0 Å². The fraction of sp³-hybridized carbons (Fsp3) is 0.457. The molecule has 0 aliphatic rings. The third-order valence-corrected chi connectivity index (χ3v) is 8.72. The van der Waals surface area contributed by atoms with Crippen LogP contribution in [-0.2, 0) is 17.4 Å². The fourth-order valence-corrected chi connectivity index (χ4v) is 4.99. The van der Waals surface area contributed by atoms with Gasteiger partial charge in [0.15, 0.2) is 0 Å². The zero-order valence-corrected chi connectivity index (χ0v) is 26.9. The van der Waals surface area contributed by atoms with E-state index in [1.807, 2.05) is 53.4 Å². The summed E-state index contributed by atoms with van der Waals surface area (Å²) < 4.78 is 12.6. The second-order valence-corrected chi connectivity index (χ2v) is 12.7. The Morgan fingerprint density at radius 3 is 2.20 bits per heavy atom. The van der Waals surface area contributed by atoms with E-state index in [0.717, 1.165) is 47.2 Å². The van der Waals surface area contributed by atoms with Gasteiger partial charge in [0.05, 0.1) is 13.7 Å². The monoisotopic (exact) mass is 607 g/mol. The quantitative estimate of drug-likeness (QED) is 0.171. The molecular weight excluding hydrogens is 562 g/mol. The normalized spacial score (nSPS) is 11.8. The first-order valence-electron chi connectivity index (χ1n) is 14.5. The summed E-state index contributed by atoms with van der Waals surface area (Å²) in [6, 6.07) is 22.2. The second kappa shape index (κ2) is 14.2. The van der Waals surface area contributed by atoms with E-state index in [9.17, 15) is 4.79 Å². The Balaban J connectivity index is 1.69. The number of methoxy groups -OCH3 is 1. The molecular formula is C35H46BrNO3. The summed E-state index contributed by atoms with van der Waals surface area (Å²) in [7, 11) is 1.66. The highest BCUT2D eigenvalue weighted by molar-refractivity contribution is 9.10. The summed E-state index contributed by atoms with van der Waals surface area (Å²) in [5.41, 5.74) is 4.55. The molecule has 0 heterocycles. The number of halogens is 1. The van der Waals surface area contributed by atoms with E-state index in [0.29, 0.717) is 25.3 Å². The number of ether oxygens (including phenoxy) is 2. The van der Waals surface area contributed by atoms with Gasteiger partial charge >= 0.3 is 0 Å². The Kier molecular flexibility index (Phi) is 11.3. The summed E-state index contributed by atoms with van der Waals surface area (Å²) in [5, 5.41) is 0. The third-order valence-electron chi connectivity index (χ3n) is 8.23. The van der Waals surface area contributed by atoms with E-state index < -0.39 is 0 Å². The van der Waals surface area contributed by atoms with Crippen molar-refractivity contribution in [3.05, 3.63) is 93.5 Å². The molecule has 0 spiro atoms. The summed E-state index contributed by atoms with van der Waals surface area (Å²) in [6.45, 7) is 15.5. The van der Waals surface area contributed by atoms with Crippen LogP contribution in [0.15, 0.2) is 71.2 Å². The van der Waals surface area contributed by atoms with E-state index in [-0.39, 0.29) is 16.7 Å². The smallest absolute Gasteiger partial charge is 0.254 e. The van der Waals surface area contributed by atoms with Crippen LogP contribution in [0.5, 0.6) is 11.5 Å². The van der Waals surface area contributed by atoms with Crippen LogP contribution in [0.3, 0.4) is 0 Å². The lowest BCUT2D eigenvalue weighted by atomic mass is 9.76. The van der Waals surface area contributed by atoms with Crippen LogP contribution in [0, 0.1) is 0 Å². The predicted molar refractivity (Wildman–Crippen MR) is 170 cm³/mol. The van der Waals surface area contributed by atoms with Gasteiger partial charge in [0.1, 0.15) is 11.5 Å². The van der Waals surface area contributed by atoms with Gasteiger partial charge in [-0.1, -0.05) is 87.8 Å². The SMILES string of the molecule is CCC(C)(C)c1ccc(OCCCCN(Cc2ccc(OC)cc2)C(=O)c2cccc(Br)c2)c(C(C)(C)CC)c1. The molecule has 0 saturated heterocycles. The van der Waals surface area contributed by atoms with Crippen molar-refractivity contribution in [1.29, 1.82) is 0 Å². The number of carbonyl (C=O) groups excluding carboxylic acids is 1. The standard InChI is InChI=1S/C35H46BrNO3/c1-8-34(3,4)28-17-20-32(31(24-28)35(5,6)9-2)40-22-11-10-21-37(25-26-15-18-30(39-7)19-16-26)33(38)27-13-12-14-29(36)23-27/h12-20,23-24H,8-11,21-22,25H2,1-7H3. The van der Waals surface area contributed by atoms with Gasteiger partial charge in [-0.3, -0.25) is 4.79 Å². The molecule has 40 heavy (non-hydrogen) atoms. The molecule has 4 nitrogen and oxygen atoms in total. The molecule has 0 aliphatic heterocycles. The van der Waals surface area contributed by atoms with Crippen molar-refractivity contribution in [3.63, 3.8) is 0 Å². The number of rotatable bonds is 14. The third kappa shape index (κ3) is 8.36. The maximum Gasteiger partial charge on any atom is 0.254 e. The number of hydrogen-bond donors (Lipinski definition) is 0. The van der Waals surface area contributed by atoms with Crippen LogP contribution >= 0.6 is 15.9 Å². The van der Waals surface area contributed by atoms with Crippen molar-refractivity contribution >= 4 is 21.8 Å². The zero-order chi connectivity index (χ0) is 29.3. The van der Waals surface area contributed by atoms with Gasteiger partial charge in [0, 0.05) is 28.7 Å². The maximum atomic E-state index is 13.5. The topological polar surface area (TPSA) is 38.8 Å². The number of unbranched alkanes of at least 4 members (excludes halogenated alkanes) is 1. The van der Waals surface area contributed by atoms with Gasteiger partial charge in [-0.05, 0) is 84.0 Å². The van der Waals surface area contributed by atoms with E-state index >= 15 is 0 Å². The van der Waals surface area contributed by atoms with Crippen molar-refractivity contribution in [3.8, 4) is 11.5 Å². The maximum absolute atomic E-state index is 13.5. The highest BCUT2D eigenvalue weighted by Crippen LogP contribution is 2.38. The van der Waals surface area contributed by atoms with Crippen LogP contribution in [0.1, 0.15) is 94.3 Å². The first kappa shape index (κ1) is 31.7. The van der Waals surface area contributed by atoms with Gasteiger partial charge in [-0.25, -0.2) is 0 Å². The van der Waals surface area contributed by atoms with Crippen molar-refractivity contribution in [1.82, 2.24) is 4.90 Å². The van der Waals surface area contributed by atoms with Gasteiger partial charge < -0.3 is 14.4 Å². The molecule has 3 aromatic carbocycles. The zero-order valence-electron chi connectivity index (χ0n) is 25.4. The van der Waals surface area contributed by atoms with E-state index in [1.54, 1.807) is 7.11 Å². The second-order valence-electron chi connectivity index (χ2n) is 11.8. The molecule has 0 saturated carbocycles. The van der Waals surface area contributed by atoms with Gasteiger partial charge in [0.25, 0.3) is 5.91 Å². The van der Waals surface area contributed by atoms with E-state index in [2.05, 4.69) is 75.7 Å². The molecule has 0 aliphatic carbocycles. The first-order chi connectivity index (χ1) is 19.0. The van der Waals surface area contributed by atoms with Gasteiger partial charge in [-0.2, -0.15) is 0 Å². The lowest BCUT2D eigenvalue weighted by Crippen LogP contribution is -2.31. The minimum absolute atomic E-state index is 0.0270. The summed E-state index contributed by atoms with van der Waals surface area (Å²) >= 11 is 3.50. The average Bonchev–Trinajstić information content (AvgIpc) is 2.96. The fourth-order valence-electron chi connectivity index (χ4n) is 4.59. The molecule has 0 N–H and O–H groups in total. The molecule has 0 fully saturated rings. The molecule has 0 unspecified atom stereocenters. The van der Waals surface area contributed by atoms with E-state index in [1.165, 1.54) is 11.1 Å². The van der Waals surface area contributed by atoms with Crippen LogP contribution in [0.25, 0.3) is 0 Å². The van der Waals surface area contributed by atoms with Crippen molar-refractivity contribution < 1.29 is 14.3 Å². The number of carbonyl (C=O) groups is 1. The molecule has 0 aromatic heterocycles. The Morgan fingerprint density at radius 2 is 1.57 bits per heavy atom. The number of benzene rings is 3. The molecule has 3 rings (SSSR count). The minimum Gasteiger partial charge on any atom is -0.497 e. The minimum atomic E-state index is 0.0270. The highest BCUT2D eigenvalue weighted by atomic mass is 79.9. The Bertz CT molecular complexity index is 1250. The summed E-state index contributed by atoms with van der Waals surface area (Å²) in [5.74, 6) is 1.81.